The zero-order chi connectivity index (χ0) is 15.6. The van der Waals surface area contributed by atoms with Gasteiger partial charge >= 0.3 is 5.97 Å². The number of ether oxygens (including phenoxy) is 1. The van der Waals surface area contributed by atoms with Crippen LogP contribution in [0.1, 0.15) is 30.1 Å². The largest absolute Gasteiger partial charge is 0.465 e. The zero-order valence-corrected chi connectivity index (χ0v) is 13.1. The van der Waals surface area contributed by atoms with Gasteiger partial charge in [0, 0.05) is 18.8 Å². The fourth-order valence-electron chi connectivity index (χ4n) is 2.81. The van der Waals surface area contributed by atoms with E-state index in [-0.39, 0.29) is 12.0 Å². The van der Waals surface area contributed by atoms with E-state index in [1.165, 1.54) is 7.11 Å². The molecule has 1 aromatic carbocycles. The molecule has 0 aromatic heterocycles. The van der Waals surface area contributed by atoms with E-state index >= 15 is 0 Å². The number of carbonyl (C=O) groups is 1. The first-order valence-electron chi connectivity index (χ1n) is 7.04. The van der Waals surface area contributed by atoms with Gasteiger partial charge in [-0.05, 0) is 37.8 Å². The Kier molecular flexibility index (Phi) is 4.96. The maximum atomic E-state index is 12.0. The summed E-state index contributed by atoms with van der Waals surface area (Å²) < 4.78 is 4.82. The molecule has 1 fully saturated rings. The Morgan fingerprint density at radius 2 is 2.10 bits per heavy atom. The monoisotopic (exact) mass is 312 g/mol. The highest BCUT2D eigenvalue weighted by molar-refractivity contribution is 6.34. The summed E-state index contributed by atoms with van der Waals surface area (Å²) in [5.74, 6) is -0.160. The van der Waals surface area contributed by atoms with E-state index in [2.05, 4.69) is 4.90 Å². The number of benzene rings is 1. The number of anilines is 2. The van der Waals surface area contributed by atoms with E-state index in [1.807, 2.05) is 6.92 Å². The van der Waals surface area contributed by atoms with E-state index in [4.69, 9.17) is 22.1 Å². The molecular formula is C15H21ClN2O3. The number of aliphatic hydroxyl groups excluding tert-OH is 1. The lowest BCUT2D eigenvalue weighted by molar-refractivity contribution is 0.0601. The van der Waals surface area contributed by atoms with Gasteiger partial charge in [-0.25, -0.2) is 4.79 Å². The van der Waals surface area contributed by atoms with Crippen LogP contribution in [0.3, 0.4) is 0 Å². The van der Waals surface area contributed by atoms with Crippen LogP contribution in [0.2, 0.25) is 5.02 Å². The highest BCUT2D eigenvalue weighted by Crippen LogP contribution is 2.35. The molecule has 1 atom stereocenters. The molecule has 6 heteroatoms. The van der Waals surface area contributed by atoms with E-state index in [0.29, 0.717) is 22.0 Å². The SMILES string of the molecule is COC(=O)c1cc(N)cc(Cl)c1N1CCC(C(C)O)CC1. The number of piperidine rings is 1. The van der Waals surface area contributed by atoms with E-state index in [0.717, 1.165) is 25.9 Å². The minimum Gasteiger partial charge on any atom is -0.465 e. The summed E-state index contributed by atoms with van der Waals surface area (Å²) >= 11 is 6.29. The average Bonchev–Trinajstić information content (AvgIpc) is 2.45. The Hall–Kier alpha value is -1.46. The van der Waals surface area contributed by atoms with E-state index in [1.54, 1.807) is 12.1 Å². The number of rotatable bonds is 3. The lowest BCUT2D eigenvalue weighted by atomic mass is 9.91. The molecule has 1 aliphatic heterocycles. The fourth-order valence-corrected chi connectivity index (χ4v) is 3.16. The third kappa shape index (κ3) is 3.41. The van der Waals surface area contributed by atoms with Crippen molar-refractivity contribution < 1.29 is 14.6 Å². The lowest BCUT2D eigenvalue weighted by Gasteiger charge is -2.36. The van der Waals surface area contributed by atoms with Gasteiger partial charge in [-0.3, -0.25) is 0 Å². The summed E-state index contributed by atoms with van der Waals surface area (Å²) in [4.78, 5) is 14.0. The molecule has 1 heterocycles. The highest BCUT2D eigenvalue weighted by atomic mass is 35.5. The van der Waals surface area contributed by atoms with Crippen molar-refractivity contribution in [1.82, 2.24) is 0 Å². The third-order valence-corrected chi connectivity index (χ3v) is 4.32. The molecule has 116 valence electrons. The number of hydrogen-bond acceptors (Lipinski definition) is 5. The van der Waals surface area contributed by atoms with Crippen molar-refractivity contribution >= 4 is 28.9 Å². The molecule has 0 aliphatic carbocycles. The van der Waals surface area contributed by atoms with Crippen molar-refractivity contribution in [2.75, 3.05) is 30.8 Å². The van der Waals surface area contributed by atoms with E-state index < -0.39 is 5.97 Å². The molecule has 2 rings (SSSR count). The van der Waals surface area contributed by atoms with Crippen LogP contribution in [-0.4, -0.2) is 37.4 Å². The number of aliphatic hydroxyl groups is 1. The van der Waals surface area contributed by atoms with Gasteiger partial charge in [0.25, 0.3) is 0 Å². The average molecular weight is 313 g/mol. The molecule has 1 saturated heterocycles. The molecule has 0 spiro atoms. The summed E-state index contributed by atoms with van der Waals surface area (Å²) in [7, 11) is 1.34. The second kappa shape index (κ2) is 6.54. The van der Waals surface area contributed by atoms with Crippen molar-refractivity contribution in [2.24, 2.45) is 5.92 Å². The normalized spacial score (nSPS) is 17.6. The first-order valence-corrected chi connectivity index (χ1v) is 7.42. The number of hydrogen-bond donors (Lipinski definition) is 2. The highest BCUT2D eigenvalue weighted by Gasteiger charge is 2.27. The molecule has 3 N–H and O–H groups in total. The molecule has 0 radical (unpaired) electrons. The van der Waals surface area contributed by atoms with Crippen LogP contribution in [0.5, 0.6) is 0 Å². The number of nitrogens with zero attached hydrogens (tertiary/aromatic N) is 1. The van der Waals surface area contributed by atoms with Crippen molar-refractivity contribution in [3.63, 3.8) is 0 Å². The first kappa shape index (κ1) is 15.9. The standard InChI is InChI=1S/C15H21ClN2O3/c1-9(19)10-3-5-18(6-4-10)14-12(15(20)21-2)7-11(17)8-13(14)16/h7-10,19H,3-6,17H2,1-2H3. The summed E-state index contributed by atoms with van der Waals surface area (Å²) in [5.41, 5.74) is 7.26. The number of nitrogen functional groups attached to an aromatic ring is 1. The minimum atomic E-state index is -0.447. The maximum absolute atomic E-state index is 12.0. The Morgan fingerprint density at radius 1 is 1.48 bits per heavy atom. The topological polar surface area (TPSA) is 75.8 Å². The van der Waals surface area contributed by atoms with Gasteiger partial charge in [0.15, 0.2) is 0 Å². The van der Waals surface area contributed by atoms with Crippen LogP contribution in [-0.2, 0) is 4.74 Å². The van der Waals surface area contributed by atoms with E-state index in [9.17, 15) is 9.90 Å². The summed E-state index contributed by atoms with van der Waals surface area (Å²) in [5, 5.41) is 10.1. The van der Waals surface area contributed by atoms with Crippen molar-refractivity contribution in [1.29, 1.82) is 0 Å². The van der Waals surface area contributed by atoms with Crippen molar-refractivity contribution in [3.05, 3.63) is 22.7 Å². The van der Waals surface area contributed by atoms with Gasteiger partial charge in [-0.2, -0.15) is 0 Å². The minimum absolute atomic E-state index is 0.287. The third-order valence-electron chi connectivity index (χ3n) is 4.03. The molecule has 0 bridgehead atoms. The molecule has 1 aromatic rings. The predicted molar refractivity (Wildman–Crippen MR) is 83.8 cm³/mol. The maximum Gasteiger partial charge on any atom is 0.340 e. The Labute approximate surface area is 129 Å². The van der Waals surface area contributed by atoms with Crippen LogP contribution in [0, 0.1) is 5.92 Å². The quantitative estimate of drug-likeness (QED) is 0.661. The molecular weight excluding hydrogens is 292 g/mol. The van der Waals surface area contributed by atoms with Crippen LogP contribution < -0.4 is 10.6 Å². The van der Waals surface area contributed by atoms with Crippen LogP contribution >= 0.6 is 11.6 Å². The lowest BCUT2D eigenvalue weighted by Crippen LogP contribution is -2.38. The number of halogens is 1. The molecule has 5 nitrogen and oxygen atoms in total. The number of nitrogens with two attached hydrogens (primary N) is 1. The number of carbonyl (C=O) groups excluding carboxylic acids is 1. The summed E-state index contributed by atoms with van der Waals surface area (Å²) in [6, 6.07) is 3.23. The predicted octanol–water partition coefficient (Wildman–Crippen LogP) is 2.31. The van der Waals surface area contributed by atoms with Crippen molar-refractivity contribution in [3.8, 4) is 0 Å². The molecule has 0 saturated carbocycles. The van der Waals surface area contributed by atoms with Gasteiger partial charge in [-0.1, -0.05) is 11.6 Å². The Balaban J connectivity index is 2.29. The summed E-state index contributed by atoms with van der Waals surface area (Å²) in [6.45, 7) is 3.29. The fraction of sp³-hybridized carbons (Fsp3) is 0.533. The Bertz CT molecular complexity index is 526. The Morgan fingerprint density at radius 3 is 2.62 bits per heavy atom. The smallest absolute Gasteiger partial charge is 0.340 e. The van der Waals surface area contributed by atoms with Gasteiger partial charge in [0.05, 0.1) is 29.5 Å². The van der Waals surface area contributed by atoms with Crippen LogP contribution in [0.4, 0.5) is 11.4 Å². The van der Waals surface area contributed by atoms with Gasteiger partial charge in [-0.15, -0.1) is 0 Å². The zero-order valence-electron chi connectivity index (χ0n) is 12.3. The molecule has 21 heavy (non-hydrogen) atoms. The molecule has 1 unspecified atom stereocenters. The first-order chi connectivity index (χ1) is 9.93. The van der Waals surface area contributed by atoms with Gasteiger partial charge in [0.1, 0.15) is 0 Å². The number of methoxy groups -OCH3 is 1. The van der Waals surface area contributed by atoms with Crippen molar-refractivity contribution in [2.45, 2.75) is 25.9 Å². The molecule has 0 amide bonds. The molecule has 1 aliphatic rings. The van der Waals surface area contributed by atoms with Gasteiger partial charge < -0.3 is 20.5 Å². The second-order valence-corrected chi connectivity index (χ2v) is 5.86. The van der Waals surface area contributed by atoms with Crippen LogP contribution in [0.15, 0.2) is 12.1 Å². The summed E-state index contributed by atoms with van der Waals surface area (Å²) in [6.07, 6.45) is 1.41. The number of esters is 1. The van der Waals surface area contributed by atoms with Gasteiger partial charge in [0.2, 0.25) is 0 Å². The second-order valence-electron chi connectivity index (χ2n) is 5.46. The van der Waals surface area contributed by atoms with Crippen LogP contribution in [0.25, 0.3) is 0 Å².